The molecule has 0 saturated carbocycles. The van der Waals surface area contributed by atoms with Gasteiger partial charge in [0.2, 0.25) is 5.91 Å². The number of rotatable bonds is 6. The molecular weight excluding hydrogens is 272 g/mol. The molecule has 1 aromatic rings. The van der Waals surface area contributed by atoms with Crippen LogP contribution in [0.1, 0.15) is 18.4 Å². The number of hydrogen-bond donors (Lipinski definition) is 2. The third-order valence-corrected chi connectivity index (χ3v) is 2.83. The summed E-state index contributed by atoms with van der Waals surface area (Å²) in [4.78, 5) is 11.9. The third-order valence-electron chi connectivity index (χ3n) is 2.28. The summed E-state index contributed by atoms with van der Waals surface area (Å²) in [6, 6.07) is 5.04. The summed E-state index contributed by atoms with van der Waals surface area (Å²) in [5.74, 6) is -0.1000. The van der Waals surface area contributed by atoms with Gasteiger partial charge in [0.25, 0.3) is 0 Å². The molecule has 0 unspecified atom stereocenters. The van der Waals surface area contributed by atoms with Crippen LogP contribution in [0.15, 0.2) is 18.2 Å². The Bertz CT molecular complexity index is 452. The molecule has 3 N–H and O–H groups in total. The standard InChI is InChI=1S/C12H15ClN2O2S/c1-17-6-2-3-11(16)15-10-5-4-8(12(14)18)7-9(10)13/h4-5,7H,2-3,6H2,1H3,(H2,14,18)(H,15,16). The Morgan fingerprint density at radius 2 is 2.28 bits per heavy atom. The van der Waals surface area contributed by atoms with Crippen LogP contribution in [0.2, 0.25) is 5.02 Å². The maximum atomic E-state index is 11.6. The SMILES string of the molecule is COCCCC(=O)Nc1ccc(C(N)=S)cc1Cl. The Labute approximate surface area is 116 Å². The zero-order valence-corrected chi connectivity index (χ0v) is 11.6. The summed E-state index contributed by atoms with van der Waals surface area (Å²) in [5, 5.41) is 3.14. The van der Waals surface area contributed by atoms with Crippen molar-refractivity contribution in [2.24, 2.45) is 5.73 Å². The van der Waals surface area contributed by atoms with Crippen molar-refractivity contribution in [2.75, 3.05) is 19.0 Å². The van der Waals surface area contributed by atoms with Crippen LogP contribution < -0.4 is 11.1 Å². The second kappa shape index (κ2) is 7.31. The lowest BCUT2D eigenvalue weighted by Gasteiger charge is -2.08. The minimum absolute atomic E-state index is 0.1000. The Morgan fingerprint density at radius 3 is 2.83 bits per heavy atom. The summed E-state index contributed by atoms with van der Waals surface area (Å²) in [7, 11) is 1.60. The maximum absolute atomic E-state index is 11.6. The van der Waals surface area contributed by atoms with Crippen molar-refractivity contribution in [3.63, 3.8) is 0 Å². The largest absolute Gasteiger partial charge is 0.389 e. The van der Waals surface area contributed by atoms with Crippen molar-refractivity contribution < 1.29 is 9.53 Å². The molecule has 18 heavy (non-hydrogen) atoms. The molecule has 0 spiro atoms. The van der Waals surface area contributed by atoms with Gasteiger partial charge in [-0.25, -0.2) is 0 Å². The lowest BCUT2D eigenvalue weighted by molar-refractivity contribution is -0.116. The fourth-order valence-corrected chi connectivity index (χ4v) is 1.71. The van der Waals surface area contributed by atoms with Crippen LogP contribution >= 0.6 is 23.8 Å². The van der Waals surface area contributed by atoms with E-state index in [1.54, 1.807) is 25.3 Å². The van der Waals surface area contributed by atoms with Gasteiger partial charge in [0.1, 0.15) is 4.99 Å². The normalized spacial score (nSPS) is 10.1. The Balaban J connectivity index is 2.62. The first kappa shape index (κ1) is 14.9. The highest BCUT2D eigenvalue weighted by Gasteiger charge is 2.07. The number of carbonyl (C=O) groups is 1. The van der Waals surface area contributed by atoms with Crippen LogP contribution in [0, 0.1) is 0 Å². The summed E-state index contributed by atoms with van der Waals surface area (Å²) in [6.45, 7) is 0.557. The zero-order valence-electron chi connectivity index (χ0n) is 10.0. The van der Waals surface area contributed by atoms with E-state index in [9.17, 15) is 4.79 Å². The van der Waals surface area contributed by atoms with Crippen LogP contribution in [0.3, 0.4) is 0 Å². The molecule has 98 valence electrons. The number of methoxy groups -OCH3 is 1. The molecule has 0 aromatic heterocycles. The monoisotopic (exact) mass is 286 g/mol. The van der Waals surface area contributed by atoms with Crippen LogP contribution in [-0.4, -0.2) is 24.6 Å². The molecule has 6 heteroatoms. The molecule has 0 saturated heterocycles. The van der Waals surface area contributed by atoms with Gasteiger partial charge in [0.15, 0.2) is 0 Å². The lowest BCUT2D eigenvalue weighted by atomic mass is 10.2. The Morgan fingerprint density at radius 1 is 1.56 bits per heavy atom. The van der Waals surface area contributed by atoms with Gasteiger partial charge in [-0.1, -0.05) is 23.8 Å². The number of thiocarbonyl (C=S) groups is 1. The summed E-state index contributed by atoms with van der Waals surface area (Å²) in [6.07, 6.45) is 1.06. The van der Waals surface area contributed by atoms with E-state index in [1.807, 2.05) is 0 Å². The molecule has 1 amide bonds. The van der Waals surface area contributed by atoms with Crippen LogP contribution in [0.5, 0.6) is 0 Å². The average molecular weight is 287 g/mol. The molecule has 0 radical (unpaired) electrons. The van der Waals surface area contributed by atoms with Gasteiger partial charge in [-0.05, 0) is 24.6 Å². The number of benzene rings is 1. The quantitative estimate of drug-likeness (QED) is 0.622. The van der Waals surface area contributed by atoms with Crippen LogP contribution in [0.25, 0.3) is 0 Å². The fraction of sp³-hybridized carbons (Fsp3) is 0.333. The van der Waals surface area contributed by atoms with Crippen LogP contribution in [0.4, 0.5) is 5.69 Å². The highest BCUT2D eigenvalue weighted by atomic mass is 35.5. The number of anilines is 1. The summed E-state index contributed by atoms with van der Waals surface area (Å²) in [5.41, 5.74) is 6.71. The second-order valence-corrected chi connectivity index (χ2v) is 4.55. The fourth-order valence-electron chi connectivity index (χ4n) is 1.36. The summed E-state index contributed by atoms with van der Waals surface area (Å²) < 4.78 is 4.87. The zero-order chi connectivity index (χ0) is 13.5. The van der Waals surface area contributed by atoms with Crippen molar-refractivity contribution in [3.05, 3.63) is 28.8 Å². The first-order chi connectivity index (χ1) is 8.54. The molecule has 0 bridgehead atoms. The van der Waals surface area contributed by atoms with E-state index in [1.165, 1.54) is 0 Å². The van der Waals surface area contributed by atoms with Gasteiger partial charge in [0, 0.05) is 25.7 Å². The molecule has 0 aliphatic heterocycles. The topological polar surface area (TPSA) is 64.3 Å². The molecule has 0 atom stereocenters. The summed E-state index contributed by atoms with van der Waals surface area (Å²) >= 11 is 10.9. The molecular formula is C12H15ClN2O2S. The van der Waals surface area contributed by atoms with Gasteiger partial charge in [0.05, 0.1) is 10.7 Å². The second-order valence-electron chi connectivity index (χ2n) is 3.70. The maximum Gasteiger partial charge on any atom is 0.224 e. The number of amides is 1. The molecule has 1 rings (SSSR count). The van der Waals surface area contributed by atoms with Crippen molar-refractivity contribution in [1.29, 1.82) is 0 Å². The number of carbonyl (C=O) groups excluding carboxylic acids is 1. The van der Waals surface area contributed by atoms with Crippen molar-refractivity contribution >= 4 is 40.4 Å². The first-order valence-corrected chi connectivity index (χ1v) is 6.21. The van der Waals surface area contributed by atoms with Gasteiger partial charge in [-0.15, -0.1) is 0 Å². The number of halogens is 1. The number of ether oxygens (including phenoxy) is 1. The molecule has 0 fully saturated rings. The molecule has 4 nitrogen and oxygen atoms in total. The van der Waals surface area contributed by atoms with Crippen LogP contribution in [-0.2, 0) is 9.53 Å². The van der Waals surface area contributed by atoms with Gasteiger partial charge in [-0.2, -0.15) is 0 Å². The van der Waals surface area contributed by atoms with Crippen molar-refractivity contribution in [2.45, 2.75) is 12.8 Å². The number of nitrogens with one attached hydrogen (secondary N) is 1. The predicted molar refractivity (Wildman–Crippen MR) is 77.1 cm³/mol. The van der Waals surface area contributed by atoms with Crippen molar-refractivity contribution in [1.82, 2.24) is 0 Å². The smallest absolute Gasteiger partial charge is 0.224 e. The van der Waals surface area contributed by atoms with E-state index in [0.29, 0.717) is 35.7 Å². The third kappa shape index (κ3) is 4.60. The van der Waals surface area contributed by atoms with Gasteiger partial charge >= 0.3 is 0 Å². The highest BCUT2D eigenvalue weighted by molar-refractivity contribution is 7.80. The minimum atomic E-state index is -0.1000. The minimum Gasteiger partial charge on any atom is -0.389 e. The Hall–Kier alpha value is -1.17. The average Bonchev–Trinajstić information content (AvgIpc) is 2.32. The van der Waals surface area contributed by atoms with Gasteiger partial charge < -0.3 is 15.8 Å². The van der Waals surface area contributed by atoms with E-state index >= 15 is 0 Å². The van der Waals surface area contributed by atoms with E-state index in [2.05, 4.69) is 5.32 Å². The van der Waals surface area contributed by atoms with E-state index < -0.39 is 0 Å². The van der Waals surface area contributed by atoms with E-state index in [0.717, 1.165) is 0 Å². The lowest BCUT2D eigenvalue weighted by Crippen LogP contribution is -2.13. The highest BCUT2D eigenvalue weighted by Crippen LogP contribution is 2.23. The number of hydrogen-bond acceptors (Lipinski definition) is 3. The molecule has 0 aliphatic rings. The van der Waals surface area contributed by atoms with Gasteiger partial charge in [-0.3, -0.25) is 4.79 Å². The Kier molecular flexibility index (Phi) is 6.04. The van der Waals surface area contributed by atoms with E-state index in [-0.39, 0.29) is 10.9 Å². The van der Waals surface area contributed by atoms with E-state index in [4.69, 9.17) is 34.3 Å². The molecule has 0 heterocycles. The first-order valence-electron chi connectivity index (χ1n) is 5.42. The van der Waals surface area contributed by atoms with Crippen molar-refractivity contribution in [3.8, 4) is 0 Å². The predicted octanol–water partition coefficient (Wildman–Crippen LogP) is 2.34. The molecule has 0 aliphatic carbocycles. The number of nitrogens with two attached hydrogens (primary N) is 1. The molecule has 1 aromatic carbocycles.